The zero-order valence-electron chi connectivity index (χ0n) is 17.0. The summed E-state index contributed by atoms with van der Waals surface area (Å²) in [6, 6.07) is 14.2. The summed E-state index contributed by atoms with van der Waals surface area (Å²) in [4.78, 5) is 38.7. The fraction of sp³-hybridized carbons (Fsp3) is 0.292. The number of nitrogens with one attached hydrogen (secondary N) is 1. The number of hydrogen-bond acceptors (Lipinski definition) is 5. The molecule has 2 aliphatic rings. The number of allylic oxidation sites excluding steroid dienone is 2. The van der Waals surface area contributed by atoms with Crippen molar-refractivity contribution in [2.24, 2.45) is 17.8 Å². The molecule has 30 heavy (non-hydrogen) atoms. The fourth-order valence-electron chi connectivity index (χ4n) is 4.57. The van der Waals surface area contributed by atoms with Gasteiger partial charge in [0.1, 0.15) is 0 Å². The van der Waals surface area contributed by atoms with E-state index in [1.165, 1.54) is 0 Å². The highest BCUT2D eigenvalue weighted by Gasteiger charge is 2.54. The molecule has 1 amide bonds. The van der Waals surface area contributed by atoms with Gasteiger partial charge < -0.3 is 14.8 Å². The van der Waals surface area contributed by atoms with Gasteiger partial charge in [-0.1, -0.05) is 31.2 Å². The van der Waals surface area contributed by atoms with Crippen LogP contribution in [0.4, 0.5) is 0 Å². The molecular weight excluding hydrogens is 382 g/mol. The summed E-state index contributed by atoms with van der Waals surface area (Å²) in [7, 11) is 3.11. The number of ether oxygens (including phenoxy) is 2. The minimum atomic E-state index is -0.820. The molecule has 0 aromatic heterocycles. The molecule has 4 atom stereocenters. The largest absolute Gasteiger partial charge is 0.493 e. The van der Waals surface area contributed by atoms with Gasteiger partial charge in [0.15, 0.2) is 23.1 Å². The normalized spacial score (nSPS) is 25.0. The van der Waals surface area contributed by atoms with E-state index in [-0.39, 0.29) is 35.0 Å². The van der Waals surface area contributed by atoms with E-state index in [1.54, 1.807) is 50.6 Å². The quantitative estimate of drug-likeness (QED) is 0.773. The monoisotopic (exact) mass is 405 g/mol. The van der Waals surface area contributed by atoms with Crippen molar-refractivity contribution in [1.82, 2.24) is 5.32 Å². The molecule has 0 saturated heterocycles. The average molecular weight is 405 g/mol. The molecule has 0 aliphatic heterocycles. The second-order valence-corrected chi connectivity index (χ2v) is 7.67. The number of hydrogen-bond donors (Lipinski definition) is 1. The standard InChI is InChI=1S/C24H23NO5/c1-13-16-12-17(25-24(28)14-7-5-4-6-8-14)23(27)21(22(16)26)20(13)15-9-10-18(29-2)19(11-15)30-3/h4-13,16,20-21H,1-3H3,(H,25,28)/t13-,16-,20-,21+/m0/s1. The van der Waals surface area contributed by atoms with Crippen LogP contribution in [0.2, 0.25) is 0 Å². The lowest BCUT2D eigenvalue weighted by molar-refractivity contribution is -0.131. The van der Waals surface area contributed by atoms with Crippen molar-refractivity contribution < 1.29 is 23.9 Å². The number of benzene rings is 2. The maximum Gasteiger partial charge on any atom is 0.255 e. The lowest BCUT2D eigenvalue weighted by atomic mass is 9.81. The average Bonchev–Trinajstić information content (AvgIpc) is 2.95. The van der Waals surface area contributed by atoms with Gasteiger partial charge in [-0.05, 0) is 41.8 Å². The molecule has 2 bridgehead atoms. The SMILES string of the molecule is COc1ccc([C@H]2[C@H]3C(=O)C(NC(=O)c4ccccc4)=C[C@H](C3=O)[C@@H]2C)cc1OC. The molecule has 2 aromatic rings. The lowest BCUT2D eigenvalue weighted by Crippen LogP contribution is -2.37. The minimum Gasteiger partial charge on any atom is -0.493 e. The molecule has 0 unspecified atom stereocenters. The van der Waals surface area contributed by atoms with Crippen LogP contribution in [0.1, 0.15) is 28.8 Å². The van der Waals surface area contributed by atoms with Gasteiger partial charge in [-0.3, -0.25) is 14.4 Å². The van der Waals surface area contributed by atoms with E-state index in [0.717, 1.165) is 5.56 Å². The Kier molecular flexibility index (Phi) is 5.16. The van der Waals surface area contributed by atoms with Crippen LogP contribution in [0.25, 0.3) is 0 Å². The first-order valence-electron chi connectivity index (χ1n) is 9.84. The third kappa shape index (κ3) is 3.18. The number of amides is 1. The number of carbonyl (C=O) groups excluding carboxylic acids is 3. The maximum absolute atomic E-state index is 13.2. The molecule has 0 heterocycles. The van der Waals surface area contributed by atoms with Crippen LogP contribution < -0.4 is 14.8 Å². The third-order valence-electron chi connectivity index (χ3n) is 6.10. The van der Waals surface area contributed by atoms with Gasteiger partial charge in [-0.15, -0.1) is 0 Å². The minimum absolute atomic E-state index is 0.0873. The first kappa shape index (κ1) is 19.9. The van der Waals surface area contributed by atoms with Crippen molar-refractivity contribution in [2.75, 3.05) is 14.2 Å². The smallest absolute Gasteiger partial charge is 0.255 e. The molecular formula is C24H23NO5. The van der Waals surface area contributed by atoms with Crippen molar-refractivity contribution in [3.8, 4) is 11.5 Å². The molecule has 4 rings (SSSR count). The Bertz CT molecular complexity index is 1040. The van der Waals surface area contributed by atoms with E-state index in [0.29, 0.717) is 17.1 Å². The van der Waals surface area contributed by atoms with Crippen molar-refractivity contribution in [2.45, 2.75) is 12.8 Å². The van der Waals surface area contributed by atoms with Gasteiger partial charge in [0.05, 0.1) is 25.8 Å². The molecule has 1 N–H and O–H groups in total. The molecule has 2 aliphatic carbocycles. The maximum atomic E-state index is 13.2. The lowest BCUT2D eigenvalue weighted by Gasteiger charge is -2.22. The van der Waals surface area contributed by atoms with E-state index >= 15 is 0 Å². The van der Waals surface area contributed by atoms with Gasteiger partial charge >= 0.3 is 0 Å². The molecule has 2 aromatic carbocycles. The van der Waals surface area contributed by atoms with Crippen LogP contribution in [0.3, 0.4) is 0 Å². The van der Waals surface area contributed by atoms with Gasteiger partial charge in [-0.2, -0.15) is 0 Å². The molecule has 154 valence electrons. The van der Waals surface area contributed by atoms with E-state index in [2.05, 4.69) is 5.32 Å². The van der Waals surface area contributed by atoms with Crippen molar-refractivity contribution in [3.05, 3.63) is 71.4 Å². The van der Waals surface area contributed by atoms with E-state index < -0.39 is 11.8 Å². The second-order valence-electron chi connectivity index (χ2n) is 7.67. The Morgan fingerprint density at radius 2 is 1.67 bits per heavy atom. The predicted octanol–water partition coefficient (Wildman–Crippen LogP) is 3.14. The highest BCUT2D eigenvalue weighted by atomic mass is 16.5. The highest BCUT2D eigenvalue weighted by Crippen LogP contribution is 2.50. The first-order valence-corrected chi connectivity index (χ1v) is 9.84. The van der Waals surface area contributed by atoms with Gasteiger partial charge in [0.2, 0.25) is 0 Å². The molecule has 0 radical (unpaired) electrons. The summed E-state index contributed by atoms with van der Waals surface area (Å²) in [5, 5.41) is 2.72. The second kappa shape index (κ2) is 7.78. The Labute approximate surface area is 174 Å². The predicted molar refractivity (Wildman–Crippen MR) is 110 cm³/mol. The van der Waals surface area contributed by atoms with Crippen LogP contribution in [0, 0.1) is 17.8 Å². The molecule has 6 nitrogen and oxygen atoms in total. The summed E-state index contributed by atoms with van der Waals surface area (Å²) in [6.45, 7) is 1.97. The van der Waals surface area contributed by atoms with Gasteiger partial charge in [0.25, 0.3) is 5.91 Å². The molecule has 1 fully saturated rings. The molecule has 0 spiro atoms. The Balaban J connectivity index is 1.65. The van der Waals surface area contributed by atoms with Crippen molar-refractivity contribution >= 4 is 17.5 Å². The van der Waals surface area contributed by atoms with E-state index in [9.17, 15) is 14.4 Å². The van der Waals surface area contributed by atoms with Crippen LogP contribution in [-0.4, -0.2) is 31.7 Å². The number of rotatable bonds is 5. The number of methoxy groups -OCH3 is 2. The topological polar surface area (TPSA) is 81.7 Å². The van der Waals surface area contributed by atoms with Crippen LogP contribution >= 0.6 is 0 Å². The summed E-state index contributed by atoms with van der Waals surface area (Å²) >= 11 is 0. The van der Waals surface area contributed by atoms with Crippen molar-refractivity contribution in [3.63, 3.8) is 0 Å². The van der Waals surface area contributed by atoms with Gasteiger partial charge in [-0.25, -0.2) is 0 Å². The van der Waals surface area contributed by atoms with Crippen LogP contribution in [0.15, 0.2) is 60.3 Å². The number of carbonyl (C=O) groups is 3. The van der Waals surface area contributed by atoms with E-state index in [1.807, 2.05) is 25.1 Å². The number of ketones is 2. The Morgan fingerprint density at radius 3 is 2.33 bits per heavy atom. The van der Waals surface area contributed by atoms with Crippen LogP contribution in [0.5, 0.6) is 11.5 Å². The third-order valence-corrected chi connectivity index (χ3v) is 6.10. The van der Waals surface area contributed by atoms with Crippen molar-refractivity contribution in [1.29, 1.82) is 0 Å². The summed E-state index contributed by atoms with van der Waals surface area (Å²) in [5.74, 6) is -1.28. The fourth-order valence-corrected chi connectivity index (χ4v) is 4.57. The zero-order chi connectivity index (χ0) is 21.4. The molecule has 1 saturated carbocycles. The van der Waals surface area contributed by atoms with Gasteiger partial charge in [0, 0.05) is 17.4 Å². The van der Waals surface area contributed by atoms with Crippen LogP contribution in [-0.2, 0) is 9.59 Å². The highest BCUT2D eigenvalue weighted by molar-refractivity contribution is 6.18. The first-order chi connectivity index (χ1) is 14.5. The Morgan fingerprint density at radius 1 is 0.967 bits per heavy atom. The summed E-state index contributed by atoms with van der Waals surface area (Å²) in [6.07, 6.45) is 1.62. The summed E-state index contributed by atoms with van der Waals surface area (Å²) in [5.41, 5.74) is 1.51. The molecule has 6 heteroatoms. The Hall–Kier alpha value is -3.41. The number of fused-ring (bicyclic) bond motifs is 2. The summed E-state index contributed by atoms with van der Waals surface area (Å²) < 4.78 is 10.7. The number of Topliss-reactive ketones (excluding diaryl/α,β-unsaturated/α-hetero) is 2. The van der Waals surface area contributed by atoms with E-state index in [4.69, 9.17) is 9.47 Å². The zero-order valence-corrected chi connectivity index (χ0v) is 17.0.